The van der Waals surface area contributed by atoms with Crippen molar-refractivity contribution in [2.75, 3.05) is 20.3 Å². The molecular weight excluding hydrogens is 551 g/mol. The molecule has 0 saturated carbocycles. The molecule has 3 aromatic rings. The number of ether oxygens (including phenoxy) is 2. The lowest BCUT2D eigenvalue weighted by Gasteiger charge is -2.27. The Balaban J connectivity index is 1.64. The number of phenols is 1. The number of hydrogen-bond donors (Lipinski definition) is 1. The van der Waals surface area contributed by atoms with E-state index >= 15 is 0 Å². The lowest BCUT2D eigenvalue weighted by Crippen LogP contribution is -2.29. The standard InChI is InChI=1S/C25H25IN2O4S/c1-3-32-25(30)22-18-9-10-28(14-16-7-5-4-6-8-16)15-21(18)33-24(22)27-13-17-11-19(26)23(29)20(12-17)31-2/h4-8,11-13,29H,3,9-10,14-15H2,1-2H3. The third-order valence-electron chi connectivity index (χ3n) is 5.45. The number of halogens is 1. The minimum Gasteiger partial charge on any atom is -0.504 e. The van der Waals surface area contributed by atoms with Gasteiger partial charge in [0.1, 0.15) is 5.00 Å². The second kappa shape index (κ2) is 10.7. The lowest BCUT2D eigenvalue weighted by molar-refractivity contribution is 0.0526. The van der Waals surface area contributed by atoms with Gasteiger partial charge in [0.25, 0.3) is 0 Å². The maximum atomic E-state index is 12.8. The molecule has 1 N–H and O–H groups in total. The molecule has 0 aliphatic carbocycles. The van der Waals surface area contributed by atoms with Crippen LogP contribution in [0.25, 0.3) is 0 Å². The third-order valence-corrected chi connectivity index (χ3v) is 7.39. The number of aromatic hydroxyl groups is 1. The van der Waals surface area contributed by atoms with Crippen molar-refractivity contribution in [1.29, 1.82) is 0 Å². The molecule has 0 radical (unpaired) electrons. The van der Waals surface area contributed by atoms with Crippen molar-refractivity contribution >= 4 is 51.1 Å². The molecule has 1 aliphatic rings. The smallest absolute Gasteiger partial charge is 0.341 e. The van der Waals surface area contributed by atoms with Crippen molar-refractivity contribution in [2.24, 2.45) is 4.99 Å². The average molecular weight is 576 g/mol. The maximum absolute atomic E-state index is 12.8. The predicted molar refractivity (Wildman–Crippen MR) is 139 cm³/mol. The Morgan fingerprint density at radius 3 is 2.82 bits per heavy atom. The van der Waals surface area contributed by atoms with E-state index in [1.54, 1.807) is 23.6 Å². The molecule has 0 unspecified atom stereocenters. The number of aliphatic imine (C=N–C) groups is 1. The molecule has 6 nitrogen and oxygen atoms in total. The zero-order chi connectivity index (χ0) is 23.4. The topological polar surface area (TPSA) is 71.4 Å². The van der Waals surface area contributed by atoms with E-state index in [1.807, 2.05) is 19.1 Å². The minimum atomic E-state index is -0.323. The minimum absolute atomic E-state index is 0.104. The number of methoxy groups -OCH3 is 1. The van der Waals surface area contributed by atoms with Crippen molar-refractivity contribution in [1.82, 2.24) is 4.90 Å². The quantitative estimate of drug-likeness (QED) is 0.227. The van der Waals surface area contributed by atoms with Gasteiger partial charge in [0.05, 0.1) is 22.9 Å². The molecule has 4 rings (SSSR count). The van der Waals surface area contributed by atoms with Gasteiger partial charge in [-0.3, -0.25) is 4.90 Å². The van der Waals surface area contributed by atoms with Crippen LogP contribution in [0.3, 0.4) is 0 Å². The Morgan fingerprint density at radius 1 is 1.30 bits per heavy atom. The first-order valence-electron chi connectivity index (χ1n) is 10.7. The number of phenolic OH excluding ortho intramolecular Hbond substituents is 1. The molecule has 1 aromatic heterocycles. The van der Waals surface area contributed by atoms with Gasteiger partial charge in [0.15, 0.2) is 11.5 Å². The van der Waals surface area contributed by atoms with Crippen LogP contribution in [0.15, 0.2) is 47.5 Å². The van der Waals surface area contributed by atoms with E-state index in [-0.39, 0.29) is 11.7 Å². The number of carbonyl (C=O) groups excluding carboxylic acids is 1. The molecule has 0 amide bonds. The van der Waals surface area contributed by atoms with E-state index in [1.165, 1.54) is 12.7 Å². The molecule has 0 atom stereocenters. The van der Waals surface area contributed by atoms with Crippen LogP contribution < -0.4 is 4.74 Å². The second-order valence-electron chi connectivity index (χ2n) is 7.66. The summed E-state index contributed by atoms with van der Waals surface area (Å²) in [6.07, 6.45) is 2.49. The summed E-state index contributed by atoms with van der Waals surface area (Å²) in [6, 6.07) is 14.0. The highest BCUT2D eigenvalue weighted by Gasteiger charge is 2.28. The fraction of sp³-hybridized carbons (Fsp3) is 0.280. The second-order valence-corrected chi connectivity index (χ2v) is 9.91. The van der Waals surface area contributed by atoms with Crippen molar-refractivity contribution < 1.29 is 19.4 Å². The summed E-state index contributed by atoms with van der Waals surface area (Å²) in [5.41, 5.74) is 3.68. The first-order valence-corrected chi connectivity index (χ1v) is 12.6. The van der Waals surface area contributed by atoms with Crippen LogP contribution in [0.4, 0.5) is 5.00 Å². The fourth-order valence-electron chi connectivity index (χ4n) is 3.88. The zero-order valence-corrected chi connectivity index (χ0v) is 21.5. The highest BCUT2D eigenvalue weighted by Crippen LogP contribution is 2.40. The summed E-state index contributed by atoms with van der Waals surface area (Å²) in [5, 5.41) is 10.7. The Kier molecular flexibility index (Phi) is 7.67. The number of hydrogen-bond acceptors (Lipinski definition) is 7. The molecule has 0 bridgehead atoms. The van der Waals surface area contributed by atoms with Gasteiger partial charge in [-0.15, -0.1) is 11.3 Å². The molecule has 1 aliphatic heterocycles. The Labute approximate surface area is 211 Å². The summed E-state index contributed by atoms with van der Waals surface area (Å²) >= 11 is 3.60. The van der Waals surface area contributed by atoms with Crippen LogP contribution in [0.5, 0.6) is 11.5 Å². The van der Waals surface area contributed by atoms with Crippen molar-refractivity contribution in [3.05, 3.63) is 73.2 Å². The van der Waals surface area contributed by atoms with Crippen LogP contribution in [-0.4, -0.2) is 42.5 Å². The number of carbonyl (C=O) groups is 1. The highest BCUT2D eigenvalue weighted by atomic mass is 127. The number of rotatable bonds is 7. The molecule has 2 aromatic carbocycles. The van der Waals surface area contributed by atoms with E-state index in [0.717, 1.165) is 42.1 Å². The average Bonchev–Trinajstić information content (AvgIpc) is 3.18. The van der Waals surface area contributed by atoms with Gasteiger partial charge in [-0.05, 0) is 64.8 Å². The summed E-state index contributed by atoms with van der Waals surface area (Å²) in [7, 11) is 1.51. The van der Waals surface area contributed by atoms with E-state index < -0.39 is 0 Å². The largest absolute Gasteiger partial charge is 0.504 e. The zero-order valence-electron chi connectivity index (χ0n) is 18.5. The predicted octanol–water partition coefficient (Wildman–Crippen LogP) is 5.55. The Bertz CT molecular complexity index is 1180. The Morgan fingerprint density at radius 2 is 2.09 bits per heavy atom. The number of fused-ring (bicyclic) bond motifs is 1. The molecular formula is C25H25IN2O4S. The molecule has 2 heterocycles. The number of esters is 1. The van der Waals surface area contributed by atoms with E-state index in [4.69, 9.17) is 9.47 Å². The highest BCUT2D eigenvalue weighted by molar-refractivity contribution is 14.1. The fourth-order valence-corrected chi connectivity index (χ4v) is 5.73. The van der Waals surface area contributed by atoms with E-state index in [2.05, 4.69) is 56.7 Å². The molecule has 8 heteroatoms. The third kappa shape index (κ3) is 5.39. The van der Waals surface area contributed by atoms with Gasteiger partial charge in [0.2, 0.25) is 0 Å². The summed E-state index contributed by atoms with van der Waals surface area (Å²) in [6.45, 7) is 4.66. The molecule has 172 valence electrons. The SMILES string of the molecule is CCOC(=O)c1c(N=Cc2cc(I)c(O)c(OC)c2)sc2c1CCN(Cc1ccccc1)C2. The molecule has 0 spiro atoms. The van der Waals surface area contributed by atoms with Crippen molar-refractivity contribution in [2.45, 2.75) is 26.4 Å². The van der Waals surface area contributed by atoms with Crippen LogP contribution in [0.1, 0.15) is 38.8 Å². The number of benzene rings is 2. The van der Waals surface area contributed by atoms with Crippen LogP contribution in [0, 0.1) is 3.57 Å². The van der Waals surface area contributed by atoms with Gasteiger partial charge < -0.3 is 14.6 Å². The number of thiophene rings is 1. The monoisotopic (exact) mass is 576 g/mol. The van der Waals surface area contributed by atoms with Crippen molar-refractivity contribution in [3.8, 4) is 11.5 Å². The number of nitrogens with zero attached hydrogens (tertiary/aromatic N) is 2. The normalized spacial score (nSPS) is 13.8. The first kappa shape index (κ1) is 23.7. The summed E-state index contributed by atoms with van der Waals surface area (Å²) in [4.78, 5) is 21.0. The molecule has 0 saturated heterocycles. The van der Waals surface area contributed by atoms with Crippen molar-refractivity contribution in [3.63, 3.8) is 0 Å². The van der Waals surface area contributed by atoms with Crippen LogP contribution >= 0.6 is 33.9 Å². The van der Waals surface area contributed by atoms with E-state index in [9.17, 15) is 9.90 Å². The van der Waals surface area contributed by atoms with Gasteiger partial charge in [-0.25, -0.2) is 9.79 Å². The first-order chi connectivity index (χ1) is 16.0. The van der Waals surface area contributed by atoms with Gasteiger partial charge in [0, 0.05) is 30.7 Å². The van der Waals surface area contributed by atoms with Gasteiger partial charge in [-0.2, -0.15) is 0 Å². The van der Waals surface area contributed by atoms with Gasteiger partial charge >= 0.3 is 5.97 Å². The molecule has 33 heavy (non-hydrogen) atoms. The Hall–Kier alpha value is -2.43. The summed E-state index contributed by atoms with van der Waals surface area (Å²) < 4.78 is 11.3. The van der Waals surface area contributed by atoms with Crippen LogP contribution in [0.2, 0.25) is 0 Å². The van der Waals surface area contributed by atoms with Crippen LogP contribution in [-0.2, 0) is 24.2 Å². The summed E-state index contributed by atoms with van der Waals surface area (Å²) in [5.74, 6) is 0.167. The van der Waals surface area contributed by atoms with E-state index in [0.29, 0.717) is 26.5 Å². The molecule has 0 fully saturated rings. The maximum Gasteiger partial charge on any atom is 0.341 e. The van der Waals surface area contributed by atoms with Gasteiger partial charge in [-0.1, -0.05) is 30.3 Å². The lowest BCUT2D eigenvalue weighted by atomic mass is 10.0.